The van der Waals surface area contributed by atoms with Gasteiger partial charge in [-0.25, -0.2) is 0 Å². The molecule has 0 aliphatic carbocycles. The maximum absolute atomic E-state index is 13.4. The van der Waals surface area contributed by atoms with Gasteiger partial charge in [-0.1, -0.05) is 55.5 Å². The molecule has 0 atom stereocenters. The zero-order chi connectivity index (χ0) is 22.0. The molecule has 0 aromatic heterocycles. The first-order chi connectivity index (χ1) is 14.4. The van der Waals surface area contributed by atoms with E-state index in [-0.39, 0.29) is 12.0 Å². The van der Waals surface area contributed by atoms with Crippen LogP contribution in [0.2, 0.25) is 0 Å². The minimum atomic E-state index is -4.40. The van der Waals surface area contributed by atoms with E-state index in [9.17, 15) is 13.2 Å². The standard InChI is InChI=1S/C24H28F3N3/c1-2-16-30-20(9-7-15-28)17-19(21-10-4-6-12-23(21)29)14-13-18-8-3-5-11-22(18)24(25,26)27/h3-12,14,17,30H,2,13,15-16,28-29H2,1H3/b9-7-,19-14-,20-17-. The van der Waals surface area contributed by atoms with Crippen LogP contribution in [-0.2, 0) is 12.6 Å². The summed E-state index contributed by atoms with van der Waals surface area (Å²) < 4.78 is 40.1. The number of anilines is 1. The molecular weight excluding hydrogens is 387 g/mol. The maximum atomic E-state index is 13.4. The van der Waals surface area contributed by atoms with Crippen molar-refractivity contribution in [3.05, 3.63) is 95.2 Å². The Kier molecular flexibility index (Phi) is 8.74. The maximum Gasteiger partial charge on any atom is 0.416 e. The minimum absolute atomic E-state index is 0.123. The molecule has 0 saturated carbocycles. The van der Waals surface area contributed by atoms with Crippen LogP contribution in [0.25, 0.3) is 5.57 Å². The minimum Gasteiger partial charge on any atom is -0.398 e. The molecule has 160 valence electrons. The fourth-order valence-corrected chi connectivity index (χ4v) is 2.99. The smallest absolute Gasteiger partial charge is 0.398 e. The van der Waals surface area contributed by atoms with Crippen molar-refractivity contribution >= 4 is 11.3 Å². The van der Waals surface area contributed by atoms with Crippen LogP contribution < -0.4 is 16.8 Å². The van der Waals surface area contributed by atoms with Gasteiger partial charge in [-0.3, -0.25) is 0 Å². The van der Waals surface area contributed by atoms with Gasteiger partial charge >= 0.3 is 6.18 Å². The van der Waals surface area contributed by atoms with E-state index in [1.165, 1.54) is 12.1 Å². The van der Waals surface area contributed by atoms with Crippen molar-refractivity contribution in [1.29, 1.82) is 0 Å². The van der Waals surface area contributed by atoms with Crippen molar-refractivity contribution in [2.75, 3.05) is 18.8 Å². The lowest BCUT2D eigenvalue weighted by Crippen LogP contribution is -2.13. The predicted octanol–water partition coefficient (Wildman–Crippen LogP) is 5.31. The largest absolute Gasteiger partial charge is 0.416 e. The van der Waals surface area contributed by atoms with Gasteiger partial charge in [0.2, 0.25) is 0 Å². The lowest BCUT2D eigenvalue weighted by atomic mass is 9.98. The molecule has 0 spiro atoms. The van der Waals surface area contributed by atoms with E-state index < -0.39 is 11.7 Å². The fourth-order valence-electron chi connectivity index (χ4n) is 2.99. The highest BCUT2D eigenvalue weighted by atomic mass is 19.4. The van der Waals surface area contributed by atoms with Gasteiger partial charge in [0.1, 0.15) is 0 Å². The Bertz CT molecular complexity index is 912. The number of hydrogen-bond donors (Lipinski definition) is 3. The SMILES string of the molecule is CCCNC(/C=C\CN)=C\C(=C\Cc1ccccc1C(F)(F)F)c1ccccc1N. The monoisotopic (exact) mass is 415 g/mol. The van der Waals surface area contributed by atoms with Gasteiger partial charge in [0.15, 0.2) is 0 Å². The summed E-state index contributed by atoms with van der Waals surface area (Å²) >= 11 is 0. The van der Waals surface area contributed by atoms with Crippen molar-refractivity contribution in [3.63, 3.8) is 0 Å². The summed E-state index contributed by atoms with van der Waals surface area (Å²) in [6.45, 7) is 3.20. The van der Waals surface area contributed by atoms with E-state index in [4.69, 9.17) is 11.5 Å². The zero-order valence-corrected chi connectivity index (χ0v) is 17.0. The van der Waals surface area contributed by atoms with Gasteiger partial charge in [0, 0.05) is 30.0 Å². The molecule has 0 unspecified atom stereocenters. The van der Waals surface area contributed by atoms with Crippen molar-refractivity contribution in [2.45, 2.75) is 25.9 Å². The first kappa shape index (κ1) is 23.3. The molecule has 30 heavy (non-hydrogen) atoms. The summed E-state index contributed by atoms with van der Waals surface area (Å²) in [5.74, 6) is 0. The Hall–Kier alpha value is -2.99. The van der Waals surface area contributed by atoms with Gasteiger partial charge in [0.05, 0.1) is 5.56 Å². The van der Waals surface area contributed by atoms with Gasteiger partial charge in [-0.2, -0.15) is 13.2 Å². The topological polar surface area (TPSA) is 64.1 Å². The third kappa shape index (κ3) is 6.81. The highest BCUT2D eigenvalue weighted by Gasteiger charge is 2.32. The van der Waals surface area contributed by atoms with Crippen LogP contribution in [0, 0.1) is 0 Å². The average Bonchev–Trinajstić information content (AvgIpc) is 2.72. The number of para-hydroxylation sites is 1. The molecule has 0 fully saturated rings. The van der Waals surface area contributed by atoms with E-state index in [1.54, 1.807) is 18.2 Å². The molecule has 0 aliphatic rings. The molecule has 2 aromatic carbocycles. The zero-order valence-electron chi connectivity index (χ0n) is 17.0. The van der Waals surface area contributed by atoms with E-state index in [1.807, 2.05) is 36.4 Å². The second-order valence-corrected chi connectivity index (χ2v) is 6.77. The Labute approximate surface area is 176 Å². The predicted molar refractivity (Wildman–Crippen MR) is 119 cm³/mol. The number of nitrogen functional groups attached to an aromatic ring is 1. The molecule has 0 aliphatic heterocycles. The van der Waals surface area contributed by atoms with Gasteiger partial charge in [-0.15, -0.1) is 0 Å². The number of benzene rings is 2. The number of nitrogens with one attached hydrogen (secondary N) is 1. The number of hydrogen-bond acceptors (Lipinski definition) is 3. The van der Waals surface area contributed by atoms with Crippen LogP contribution in [0.1, 0.15) is 30.0 Å². The summed E-state index contributed by atoms with van der Waals surface area (Å²) in [6, 6.07) is 12.9. The first-order valence-corrected chi connectivity index (χ1v) is 9.89. The van der Waals surface area contributed by atoms with Gasteiger partial charge < -0.3 is 16.8 Å². The third-order valence-corrected chi connectivity index (χ3v) is 4.46. The van der Waals surface area contributed by atoms with Crippen LogP contribution in [0.5, 0.6) is 0 Å². The highest BCUT2D eigenvalue weighted by molar-refractivity contribution is 5.82. The number of rotatable bonds is 9. The van der Waals surface area contributed by atoms with Crippen molar-refractivity contribution in [2.24, 2.45) is 5.73 Å². The summed E-state index contributed by atoms with van der Waals surface area (Å²) in [6.07, 6.45) is 4.01. The number of allylic oxidation sites excluding steroid dienone is 4. The third-order valence-electron chi connectivity index (χ3n) is 4.46. The number of alkyl halides is 3. The molecule has 2 rings (SSSR count). The number of nitrogens with two attached hydrogens (primary N) is 2. The number of halogens is 3. The highest BCUT2D eigenvalue weighted by Crippen LogP contribution is 2.33. The molecule has 0 radical (unpaired) electrons. The van der Waals surface area contributed by atoms with E-state index in [2.05, 4.69) is 12.2 Å². The molecule has 5 N–H and O–H groups in total. The fraction of sp³-hybridized carbons (Fsp3) is 0.250. The average molecular weight is 416 g/mol. The second kappa shape index (κ2) is 11.3. The molecule has 0 bridgehead atoms. The summed E-state index contributed by atoms with van der Waals surface area (Å²) in [4.78, 5) is 0. The summed E-state index contributed by atoms with van der Waals surface area (Å²) in [5, 5.41) is 3.31. The van der Waals surface area contributed by atoms with Gasteiger partial charge in [0.25, 0.3) is 0 Å². The molecule has 0 amide bonds. The molecule has 6 heteroatoms. The van der Waals surface area contributed by atoms with Crippen LogP contribution in [0.4, 0.5) is 18.9 Å². The second-order valence-electron chi connectivity index (χ2n) is 6.77. The van der Waals surface area contributed by atoms with Crippen LogP contribution in [0.3, 0.4) is 0 Å². The summed E-state index contributed by atoms with van der Waals surface area (Å²) in [5.41, 5.74) is 14.2. The van der Waals surface area contributed by atoms with Gasteiger partial charge in [-0.05, 0) is 48.3 Å². The lowest BCUT2D eigenvalue weighted by Gasteiger charge is -2.13. The molecule has 0 saturated heterocycles. The molecular formula is C24H28F3N3. The first-order valence-electron chi connectivity index (χ1n) is 9.89. The van der Waals surface area contributed by atoms with Crippen molar-refractivity contribution in [1.82, 2.24) is 5.32 Å². The molecule has 0 heterocycles. The molecule has 3 nitrogen and oxygen atoms in total. The Balaban J connectivity index is 2.51. The Morgan fingerprint density at radius 1 is 1.07 bits per heavy atom. The van der Waals surface area contributed by atoms with E-state index in [0.717, 1.165) is 35.9 Å². The van der Waals surface area contributed by atoms with Crippen LogP contribution >= 0.6 is 0 Å². The van der Waals surface area contributed by atoms with Crippen LogP contribution in [0.15, 0.2) is 78.5 Å². The lowest BCUT2D eigenvalue weighted by molar-refractivity contribution is -0.138. The van der Waals surface area contributed by atoms with Crippen LogP contribution in [-0.4, -0.2) is 13.1 Å². The quantitative estimate of drug-likeness (QED) is 0.384. The van der Waals surface area contributed by atoms with E-state index in [0.29, 0.717) is 12.2 Å². The Morgan fingerprint density at radius 2 is 1.77 bits per heavy atom. The van der Waals surface area contributed by atoms with Crippen molar-refractivity contribution in [3.8, 4) is 0 Å². The Morgan fingerprint density at radius 3 is 2.43 bits per heavy atom. The van der Waals surface area contributed by atoms with E-state index >= 15 is 0 Å². The molecule has 2 aromatic rings. The normalized spacial score (nSPS) is 13.1. The van der Waals surface area contributed by atoms with Crippen molar-refractivity contribution < 1.29 is 13.2 Å². The summed E-state index contributed by atoms with van der Waals surface area (Å²) in [7, 11) is 0.